The van der Waals surface area contributed by atoms with Gasteiger partial charge in [-0.25, -0.2) is 9.59 Å². The molecule has 1 rings (SSSR count). The molecular formula is C24H37BrO4. The molecule has 164 valence electrons. The van der Waals surface area contributed by atoms with Gasteiger partial charge in [-0.05, 0) is 31.0 Å². The lowest BCUT2D eigenvalue weighted by atomic mass is 10.1. The molecule has 1 aromatic rings. The van der Waals surface area contributed by atoms with Gasteiger partial charge in [-0.1, -0.05) is 94.0 Å². The second kappa shape index (κ2) is 16.4. The Balaban J connectivity index is 2.45. The summed E-state index contributed by atoms with van der Waals surface area (Å²) in [4.78, 5) is 24.9. The van der Waals surface area contributed by atoms with Crippen LogP contribution < -0.4 is 0 Å². The molecule has 0 bridgehead atoms. The average Bonchev–Trinajstić information content (AvgIpc) is 2.72. The standard InChI is InChI=1S/C24H37BrO4/c1-3-5-7-9-11-13-17-28-23(26)21-16-15-20(25)19-22(21)24(27)29-18-14-12-10-8-6-4-2/h15-16,19H,3-14,17-18H2,1-2H3. The van der Waals surface area contributed by atoms with Crippen molar-refractivity contribution in [2.24, 2.45) is 0 Å². The van der Waals surface area contributed by atoms with Crippen LogP contribution in [0.3, 0.4) is 0 Å². The van der Waals surface area contributed by atoms with E-state index in [4.69, 9.17) is 9.47 Å². The van der Waals surface area contributed by atoms with Gasteiger partial charge in [-0.3, -0.25) is 0 Å². The number of hydrogen-bond acceptors (Lipinski definition) is 4. The minimum Gasteiger partial charge on any atom is -0.462 e. The molecule has 29 heavy (non-hydrogen) atoms. The van der Waals surface area contributed by atoms with Gasteiger partial charge in [0.2, 0.25) is 0 Å². The summed E-state index contributed by atoms with van der Waals surface area (Å²) in [5.74, 6) is -0.927. The fourth-order valence-corrected chi connectivity index (χ4v) is 3.47. The summed E-state index contributed by atoms with van der Waals surface area (Å²) in [5, 5.41) is 0. The Hall–Kier alpha value is -1.36. The highest BCUT2D eigenvalue weighted by molar-refractivity contribution is 9.10. The highest BCUT2D eigenvalue weighted by Gasteiger charge is 2.20. The van der Waals surface area contributed by atoms with Crippen molar-refractivity contribution < 1.29 is 19.1 Å². The Morgan fingerprint density at radius 3 is 1.66 bits per heavy atom. The fraction of sp³-hybridized carbons (Fsp3) is 0.667. The first-order valence-corrected chi connectivity index (χ1v) is 12.0. The zero-order valence-corrected chi connectivity index (χ0v) is 19.7. The van der Waals surface area contributed by atoms with E-state index in [-0.39, 0.29) is 11.1 Å². The van der Waals surface area contributed by atoms with Crippen LogP contribution >= 0.6 is 15.9 Å². The van der Waals surface area contributed by atoms with E-state index < -0.39 is 11.9 Å². The number of ether oxygens (including phenoxy) is 2. The number of esters is 2. The number of hydrogen-bond donors (Lipinski definition) is 0. The lowest BCUT2D eigenvalue weighted by Crippen LogP contribution is -2.15. The van der Waals surface area contributed by atoms with Crippen molar-refractivity contribution in [2.45, 2.75) is 90.9 Å². The molecule has 0 unspecified atom stereocenters. The van der Waals surface area contributed by atoms with Gasteiger partial charge in [-0.15, -0.1) is 0 Å². The third kappa shape index (κ3) is 11.4. The van der Waals surface area contributed by atoms with Crippen LogP contribution in [0.5, 0.6) is 0 Å². The number of rotatable bonds is 16. The van der Waals surface area contributed by atoms with Crippen molar-refractivity contribution in [3.8, 4) is 0 Å². The first kappa shape index (κ1) is 25.7. The molecule has 0 N–H and O–H groups in total. The number of halogens is 1. The minimum absolute atomic E-state index is 0.262. The summed E-state index contributed by atoms with van der Waals surface area (Å²) >= 11 is 3.36. The lowest BCUT2D eigenvalue weighted by Gasteiger charge is -2.11. The first-order chi connectivity index (χ1) is 14.1. The molecule has 0 heterocycles. The summed E-state index contributed by atoms with van der Waals surface area (Å²) in [7, 11) is 0. The molecule has 0 saturated carbocycles. The van der Waals surface area contributed by atoms with E-state index >= 15 is 0 Å². The lowest BCUT2D eigenvalue weighted by molar-refractivity contribution is 0.0450. The molecule has 5 heteroatoms. The predicted octanol–water partition coefficient (Wildman–Crippen LogP) is 7.48. The maximum absolute atomic E-state index is 12.5. The molecule has 0 spiro atoms. The van der Waals surface area contributed by atoms with Gasteiger partial charge < -0.3 is 9.47 Å². The van der Waals surface area contributed by atoms with Crippen molar-refractivity contribution in [3.05, 3.63) is 33.8 Å². The van der Waals surface area contributed by atoms with Gasteiger partial charge in [0.15, 0.2) is 0 Å². The van der Waals surface area contributed by atoms with Crippen molar-refractivity contribution >= 4 is 27.9 Å². The van der Waals surface area contributed by atoms with Crippen LogP contribution in [0, 0.1) is 0 Å². The minimum atomic E-state index is -0.466. The van der Waals surface area contributed by atoms with E-state index in [0.717, 1.165) is 36.6 Å². The maximum atomic E-state index is 12.5. The number of carbonyl (C=O) groups is 2. The third-order valence-electron chi connectivity index (χ3n) is 4.88. The molecule has 0 atom stereocenters. The van der Waals surface area contributed by atoms with Crippen LogP contribution in [0.1, 0.15) is 112 Å². The highest BCUT2D eigenvalue weighted by atomic mass is 79.9. The first-order valence-electron chi connectivity index (χ1n) is 11.2. The van der Waals surface area contributed by atoms with Gasteiger partial charge in [-0.2, -0.15) is 0 Å². The monoisotopic (exact) mass is 468 g/mol. The van der Waals surface area contributed by atoms with Crippen LogP contribution in [0.2, 0.25) is 0 Å². The van der Waals surface area contributed by atoms with E-state index in [1.807, 2.05) is 0 Å². The summed E-state index contributed by atoms with van der Waals surface area (Å²) in [6, 6.07) is 4.99. The Bertz CT molecular complexity index is 601. The molecule has 0 aliphatic heterocycles. The average molecular weight is 469 g/mol. The van der Waals surface area contributed by atoms with Crippen LogP contribution in [0.4, 0.5) is 0 Å². The van der Waals surface area contributed by atoms with Gasteiger partial charge >= 0.3 is 11.9 Å². The summed E-state index contributed by atoms with van der Waals surface area (Å²) in [6.07, 6.45) is 13.5. The third-order valence-corrected chi connectivity index (χ3v) is 5.38. The van der Waals surface area contributed by atoms with Gasteiger partial charge in [0.25, 0.3) is 0 Å². The van der Waals surface area contributed by atoms with Crippen molar-refractivity contribution in [1.82, 2.24) is 0 Å². The number of unbranched alkanes of at least 4 members (excludes halogenated alkanes) is 10. The van der Waals surface area contributed by atoms with E-state index in [9.17, 15) is 9.59 Å². The zero-order valence-electron chi connectivity index (χ0n) is 18.1. The molecule has 0 aliphatic rings. The molecule has 0 aliphatic carbocycles. The predicted molar refractivity (Wildman–Crippen MR) is 121 cm³/mol. The van der Waals surface area contributed by atoms with Crippen molar-refractivity contribution in [2.75, 3.05) is 13.2 Å². The van der Waals surface area contributed by atoms with Gasteiger partial charge in [0.05, 0.1) is 24.3 Å². The molecule has 0 radical (unpaired) electrons. The van der Waals surface area contributed by atoms with Crippen LogP contribution in [0.15, 0.2) is 22.7 Å². The Morgan fingerprint density at radius 1 is 0.690 bits per heavy atom. The molecule has 0 amide bonds. The molecule has 1 aromatic carbocycles. The van der Waals surface area contributed by atoms with E-state index in [0.29, 0.717) is 13.2 Å². The van der Waals surface area contributed by atoms with Crippen molar-refractivity contribution in [3.63, 3.8) is 0 Å². The molecule has 4 nitrogen and oxygen atoms in total. The molecule has 0 fully saturated rings. The van der Waals surface area contributed by atoms with E-state index in [1.165, 1.54) is 44.9 Å². The number of benzene rings is 1. The normalized spacial score (nSPS) is 10.7. The van der Waals surface area contributed by atoms with E-state index in [1.54, 1.807) is 18.2 Å². The Morgan fingerprint density at radius 2 is 1.14 bits per heavy atom. The topological polar surface area (TPSA) is 52.6 Å². The van der Waals surface area contributed by atoms with Gasteiger partial charge in [0.1, 0.15) is 0 Å². The molecular weight excluding hydrogens is 432 g/mol. The largest absolute Gasteiger partial charge is 0.462 e. The fourth-order valence-electron chi connectivity index (χ4n) is 3.11. The van der Waals surface area contributed by atoms with Gasteiger partial charge in [0, 0.05) is 4.47 Å². The highest BCUT2D eigenvalue weighted by Crippen LogP contribution is 2.19. The van der Waals surface area contributed by atoms with Crippen LogP contribution in [-0.2, 0) is 9.47 Å². The summed E-state index contributed by atoms with van der Waals surface area (Å²) in [5.41, 5.74) is 0.533. The van der Waals surface area contributed by atoms with Crippen molar-refractivity contribution in [1.29, 1.82) is 0 Å². The summed E-state index contributed by atoms with van der Waals surface area (Å²) in [6.45, 7) is 5.14. The maximum Gasteiger partial charge on any atom is 0.339 e. The van der Waals surface area contributed by atoms with E-state index in [2.05, 4.69) is 29.8 Å². The summed E-state index contributed by atoms with van der Waals surface area (Å²) < 4.78 is 11.5. The quantitative estimate of drug-likeness (QED) is 0.186. The van der Waals surface area contributed by atoms with Crippen LogP contribution in [-0.4, -0.2) is 25.2 Å². The number of carbonyl (C=O) groups excluding carboxylic acids is 2. The molecule has 0 saturated heterocycles. The Kier molecular flexibility index (Phi) is 14.6. The second-order valence-electron chi connectivity index (χ2n) is 7.50. The molecule has 0 aromatic heterocycles. The zero-order chi connectivity index (χ0) is 21.3. The second-order valence-corrected chi connectivity index (χ2v) is 8.41. The SMILES string of the molecule is CCCCCCCCOC(=O)c1ccc(Br)cc1C(=O)OCCCCCCCC. The van der Waals surface area contributed by atoms with Crippen LogP contribution in [0.25, 0.3) is 0 Å². The Labute approximate surface area is 184 Å². The smallest absolute Gasteiger partial charge is 0.339 e.